The highest BCUT2D eigenvalue weighted by Crippen LogP contribution is 2.25. The number of rotatable bonds is 6. The van der Waals surface area contributed by atoms with E-state index in [2.05, 4.69) is 15.5 Å². The maximum absolute atomic E-state index is 12.1. The molecule has 3 heterocycles. The second kappa shape index (κ2) is 7.67. The van der Waals surface area contributed by atoms with Gasteiger partial charge in [0.15, 0.2) is 5.76 Å². The molecule has 8 nitrogen and oxygen atoms in total. The Morgan fingerprint density at radius 1 is 1.22 bits per heavy atom. The van der Waals surface area contributed by atoms with E-state index >= 15 is 0 Å². The minimum absolute atomic E-state index is 0.131. The van der Waals surface area contributed by atoms with E-state index in [1.807, 2.05) is 12.1 Å². The summed E-state index contributed by atoms with van der Waals surface area (Å²) < 4.78 is 10.6. The van der Waals surface area contributed by atoms with Crippen molar-refractivity contribution in [3.05, 3.63) is 42.7 Å². The molecule has 0 spiro atoms. The number of anilines is 2. The zero-order valence-electron chi connectivity index (χ0n) is 14.3. The van der Waals surface area contributed by atoms with Crippen LogP contribution in [0, 0.1) is 0 Å². The van der Waals surface area contributed by atoms with Crippen LogP contribution in [-0.4, -0.2) is 34.3 Å². The Bertz CT molecular complexity index is 937. The summed E-state index contributed by atoms with van der Waals surface area (Å²) in [4.78, 5) is 25.6. The van der Waals surface area contributed by atoms with Gasteiger partial charge in [0.1, 0.15) is 0 Å². The van der Waals surface area contributed by atoms with Gasteiger partial charge in [-0.15, -0.1) is 10.2 Å². The molecule has 27 heavy (non-hydrogen) atoms. The Morgan fingerprint density at radius 3 is 2.78 bits per heavy atom. The first kappa shape index (κ1) is 17.3. The van der Waals surface area contributed by atoms with Gasteiger partial charge in [0.2, 0.25) is 11.8 Å². The van der Waals surface area contributed by atoms with Crippen LogP contribution in [0.3, 0.4) is 0 Å². The smallest absolute Gasteiger partial charge is 0.284 e. The van der Waals surface area contributed by atoms with Gasteiger partial charge in [-0.3, -0.25) is 9.59 Å². The van der Waals surface area contributed by atoms with Crippen LogP contribution in [0.5, 0.6) is 0 Å². The molecular formula is C18H16N4O4S. The van der Waals surface area contributed by atoms with E-state index in [0.29, 0.717) is 23.1 Å². The highest BCUT2D eigenvalue weighted by Gasteiger charge is 2.21. The van der Waals surface area contributed by atoms with E-state index < -0.39 is 0 Å². The van der Waals surface area contributed by atoms with Gasteiger partial charge in [-0.05, 0) is 42.8 Å². The normalized spacial score (nSPS) is 13.9. The van der Waals surface area contributed by atoms with Gasteiger partial charge in [-0.25, -0.2) is 0 Å². The number of aromatic nitrogens is 2. The number of nitrogens with one attached hydrogen (secondary N) is 1. The molecule has 138 valence electrons. The summed E-state index contributed by atoms with van der Waals surface area (Å²) >= 11 is 1.14. The van der Waals surface area contributed by atoms with Gasteiger partial charge in [0.05, 0.1) is 12.0 Å². The molecule has 0 bridgehead atoms. The molecule has 2 amide bonds. The lowest BCUT2D eigenvalue weighted by Gasteiger charge is -2.16. The summed E-state index contributed by atoms with van der Waals surface area (Å²) in [7, 11) is 0. The van der Waals surface area contributed by atoms with E-state index in [-0.39, 0.29) is 23.5 Å². The van der Waals surface area contributed by atoms with Crippen molar-refractivity contribution in [2.45, 2.75) is 18.1 Å². The Hall–Kier alpha value is -3.07. The third kappa shape index (κ3) is 4.03. The number of nitrogens with zero attached hydrogens (tertiary/aromatic N) is 3. The van der Waals surface area contributed by atoms with Crippen molar-refractivity contribution in [1.82, 2.24) is 10.2 Å². The van der Waals surface area contributed by atoms with E-state index in [4.69, 9.17) is 8.83 Å². The average Bonchev–Trinajstić information content (AvgIpc) is 3.42. The molecule has 1 fully saturated rings. The fourth-order valence-corrected chi connectivity index (χ4v) is 3.30. The molecule has 0 atom stereocenters. The van der Waals surface area contributed by atoms with Crippen molar-refractivity contribution >= 4 is 35.0 Å². The number of carbonyl (C=O) groups excluding carboxylic acids is 2. The van der Waals surface area contributed by atoms with Gasteiger partial charge in [-0.1, -0.05) is 11.8 Å². The van der Waals surface area contributed by atoms with Crippen molar-refractivity contribution in [3.8, 4) is 11.7 Å². The molecular weight excluding hydrogens is 368 g/mol. The highest BCUT2D eigenvalue weighted by atomic mass is 32.2. The van der Waals surface area contributed by atoms with E-state index in [9.17, 15) is 9.59 Å². The van der Waals surface area contributed by atoms with E-state index in [0.717, 1.165) is 30.4 Å². The number of amides is 2. The summed E-state index contributed by atoms with van der Waals surface area (Å²) in [6, 6.07) is 10.7. The van der Waals surface area contributed by atoms with Crippen LogP contribution in [-0.2, 0) is 9.59 Å². The second-order valence-electron chi connectivity index (χ2n) is 5.88. The predicted octanol–water partition coefficient (Wildman–Crippen LogP) is 3.19. The van der Waals surface area contributed by atoms with Crippen LogP contribution in [0.25, 0.3) is 11.7 Å². The molecule has 0 aliphatic carbocycles. The largest absolute Gasteiger partial charge is 0.459 e. The van der Waals surface area contributed by atoms with Crippen LogP contribution in [0.15, 0.2) is 56.7 Å². The molecule has 1 aromatic carbocycles. The van der Waals surface area contributed by atoms with Gasteiger partial charge in [-0.2, -0.15) is 0 Å². The minimum Gasteiger partial charge on any atom is -0.459 e. The molecule has 1 aliphatic heterocycles. The number of hydrogen-bond donors (Lipinski definition) is 1. The minimum atomic E-state index is -0.192. The van der Waals surface area contributed by atoms with Crippen LogP contribution in [0.1, 0.15) is 12.8 Å². The molecule has 1 aliphatic rings. The number of thioether (sulfide) groups is 1. The molecule has 1 saturated heterocycles. The quantitative estimate of drug-likeness (QED) is 0.651. The maximum atomic E-state index is 12.1. The number of benzene rings is 1. The lowest BCUT2D eigenvalue weighted by Crippen LogP contribution is -2.23. The monoisotopic (exact) mass is 384 g/mol. The molecule has 0 saturated carbocycles. The topological polar surface area (TPSA) is 101 Å². The first-order chi connectivity index (χ1) is 13.2. The second-order valence-corrected chi connectivity index (χ2v) is 6.81. The van der Waals surface area contributed by atoms with Crippen LogP contribution in [0.2, 0.25) is 0 Å². The summed E-state index contributed by atoms with van der Waals surface area (Å²) in [5, 5.41) is 10.9. The first-order valence-corrected chi connectivity index (χ1v) is 9.38. The van der Waals surface area contributed by atoms with Crippen molar-refractivity contribution in [2.24, 2.45) is 0 Å². The maximum Gasteiger partial charge on any atom is 0.284 e. The Balaban J connectivity index is 1.30. The van der Waals surface area contributed by atoms with E-state index in [1.165, 1.54) is 6.26 Å². The first-order valence-electron chi connectivity index (χ1n) is 8.39. The zero-order chi connectivity index (χ0) is 18.6. The zero-order valence-corrected chi connectivity index (χ0v) is 15.1. The Kier molecular flexibility index (Phi) is 4.93. The van der Waals surface area contributed by atoms with Crippen molar-refractivity contribution < 1.29 is 18.4 Å². The molecule has 3 aromatic rings. The standard InChI is InChI=1S/C18H16N4O4S/c23-15(11-27-18-21-20-17(26-18)14-3-2-10-25-14)19-12-5-7-13(8-6-12)22-9-1-4-16(22)24/h2-3,5-8,10H,1,4,9,11H2,(H,19,23). The molecule has 0 radical (unpaired) electrons. The summed E-state index contributed by atoms with van der Waals surface area (Å²) in [5.41, 5.74) is 1.51. The average molecular weight is 384 g/mol. The third-order valence-electron chi connectivity index (χ3n) is 4.00. The summed E-state index contributed by atoms with van der Waals surface area (Å²) in [6.45, 7) is 0.741. The van der Waals surface area contributed by atoms with Gasteiger partial charge < -0.3 is 19.1 Å². The number of carbonyl (C=O) groups is 2. The predicted molar refractivity (Wildman–Crippen MR) is 99.4 cm³/mol. The molecule has 4 rings (SSSR count). The molecule has 9 heteroatoms. The van der Waals surface area contributed by atoms with Crippen molar-refractivity contribution in [2.75, 3.05) is 22.5 Å². The number of furan rings is 1. The van der Waals surface area contributed by atoms with Gasteiger partial charge in [0, 0.05) is 24.3 Å². The fourth-order valence-electron chi connectivity index (χ4n) is 2.74. The lowest BCUT2D eigenvalue weighted by molar-refractivity contribution is -0.117. The Labute approximate surface area is 158 Å². The Morgan fingerprint density at radius 2 is 2.07 bits per heavy atom. The van der Waals surface area contributed by atoms with Crippen LogP contribution < -0.4 is 10.2 Å². The molecule has 1 N–H and O–H groups in total. The summed E-state index contributed by atoms with van der Waals surface area (Å²) in [5.74, 6) is 0.830. The SMILES string of the molecule is O=C(CSc1nnc(-c2ccco2)o1)Nc1ccc(N2CCCC2=O)cc1. The lowest BCUT2D eigenvalue weighted by atomic mass is 10.2. The molecule has 2 aromatic heterocycles. The van der Waals surface area contributed by atoms with Gasteiger partial charge in [0.25, 0.3) is 11.1 Å². The number of hydrogen-bond acceptors (Lipinski definition) is 7. The van der Waals surface area contributed by atoms with Crippen molar-refractivity contribution in [3.63, 3.8) is 0 Å². The van der Waals surface area contributed by atoms with Crippen LogP contribution in [0.4, 0.5) is 11.4 Å². The van der Waals surface area contributed by atoms with Crippen LogP contribution >= 0.6 is 11.8 Å². The van der Waals surface area contributed by atoms with Crippen molar-refractivity contribution in [1.29, 1.82) is 0 Å². The van der Waals surface area contributed by atoms with E-state index in [1.54, 1.807) is 29.2 Å². The summed E-state index contributed by atoms with van der Waals surface area (Å²) in [6.07, 6.45) is 2.99. The fraction of sp³-hybridized carbons (Fsp3) is 0.222. The molecule has 0 unspecified atom stereocenters. The third-order valence-corrected chi connectivity index (χ3v) is 4.82. The highest BCUT2D eigenvalue weighted by molar-refractivity contribution is 7.99. The van der Waals surface area contributed by atoms with Gasteiger partial charge >= 0.3 is 0 Å².